The van der Waals surface area contributed by atoms with Gasteiger partial charge in [0.2, 0.25) is 0 Å². The summed E-state index contributed by atoms with van der Waals surface area (Å²) in [7, 11) is 3.43. The van der Waals surface area contributed by atoms with Gasteiger partial charge >= 0.3 is 0 Å². The zero-order valence-electron chi connectivity index (χ0n) is 20.1. The molecule has 3 heterocycles. The van der Waals surface area contributed by atoms with Crippen LogP contribution in [-0.4, -0.2) is 58.6 Å². The van der Waals surface area contributed by atoms with E-state index in [-0.39, 0.29) is 5.91 Å². The summed E-state index contributed by atoms with van der Waals surface area (Å²) in [5.41, 5.74) is 2.84. The van der Waals surface area contributed by atoms with Crippen LogP contribution < -0.4 is 10.1 Å². The lowest BCUT2D eigenvalue weighted by molar-refractivity contribution is 0.0538. The second-order valence-corrected chi connectivity index (χ2v) is 8.97. The van der Waals surface area contributed by atoms with Crippen LogP contribution in [0.3, 0.4) is 0 Å². The van der Waals surface area contributed by atoms with Crippen molar-refractivity contribution in [2.24, 2.45) is 5.92 Å². The number of anilines is 1. The van der Waals surface area contributed by atoms with E-state index in [0.717, 1.165) is 48.8 Å². The Labute approximate surface area is 204 Å². The monoisotopic (exact) mass is 477 g/mol. The van der Waals surface area contributed by atoms with Crippen LogP contribution >= 0.6 is 0 Å². The van der Waals surface area contributed by atoms with Crippen molar-refractivity contribution in [3.8, 4) is 5.75 Å². The molecule has 0 aliphatic heterocycles. The van der Waals surface area contributed by atoms with Crippen molar-refractivity contribution in [2.45, 2.75) is 38.3 Å². The highest BCUT2D eigenvalue weighted by Gasteiger charge is 2.22. The van der Waals surface area contributed by atoms with E-state index in [1.165, 1.54) is 0 Å². The van der Waals surface area contributed by atoms with E-state index in [0.29, 0.717) is 42.3 Å². The van der Waals surface area contributed by atoms with Crippen LogP contribution in [0.25, 0.3) is 16.6 Å². The van der Waals surface area contributed by atoms with Crippen molar-refractivity contribution in [3.05, 3.63) is 54.6 Å². The Kier molecular flexibility index (Phi) is 6.96. The fourth-order valence-electron chi connectivity index (χ4n) is 4.80. The van der Waals surface area contributed by atoms with Gasteiger partial charge in [0, 0.05) is 38.4 Å². The number of hydrogen-bond acceptors (Lipinski definition) is 6. The van der Waals surface area contributed by atoms with Crippen LogP contribution in [0.15, 0.2) is 48.9 Å². The van der Waals surface area contributed by atoms with E-state index in [4.69, 9.17) is 14.2 Å². The molecular weight excluding hydrogens is 446 g/mol. The standard InChI is InChI=1S/C26H31N5O4/c1-33-12-13-35-20-10-11-30-24(16-27-25(30)14-20)26(32)29-22-4-3-5-23-21(22)15-28-31(23)17-18-6-8-19(34-2)9-7-18/h3-5,10-11,14-16,18-19H,6-9,12-13,17H2,1-2H3,(H,29,32). The van der Waals surface area contributed by atoms with E-state index in [1.807, 2.05) is 24.4 Å². The van der Waals surface area contributed by atoms with Crippen LogP contribution in [0, 0.1) is 5.92 Å². The molecule has 0 bridgehead atoms. The van der Waals surface area contributed by atoms with Crippen LogP contribution in [0.2, 0.25) is 0 Å². The molecule has 4 aromatic rings. The highest BCUT2D eigenvalue weighted by Crippen LogP contribution is 2.30. The van der Waals surface area contributed by atoms with Gasteiger partial charge in [-0.15, -0.1) is 0 Å². The highest BCUT2D eigenvalue weighted by atomic mass is 16.5. The Bertz CT molecular complexity index is 1310. The number of rotatable bonds is 9. The molecule has 184 valence electrons. The first-order chi connectivity index (χ1) is 17.2. The summed E-state index contributed by atoms with van der Waals surface area (Å²) in [6.45, 7) is 1.83. The molecule has 0 unspecified atom stereocenters. The molecule has 5 rings (SSSR count). The molecule has 1 aliphatic rings. The smallest absolute Gasteiger partial charge is 0.274 e. The highest BCUT2D eigenvalue weighted by molar-refractivity contribution is 6.08. The minimum absolute atomic E-state index is 0.233. The van der Waals surface area contributed by atoms with Crippen molar-refractivity contribution in [3.63, 3.8) is 0 Å². The first kappa shape index (κ1) is 23.3. The molecule has 1 N–H and O–H groups in total. The number of aromatic nitrogens is 4. The van der Waals surface area contributed by atoms with Crippen LogP contribution in [0.1, 0.15) is 36.2 Å². The van der Waals surface area contributed by atoms with Gasteiger partial charge in [0.25, 0.3) is 5.91 Å². The minimum atomic E-state index is -0.233. The summed E-state index contributed by atoms with van der Waals surface area (Å²) in [5, 5.41) is 8.62. The molecule has 1 aliphatic carbocycles. The summed E-state index contributed by atoms with van der Waals surface area (Å²) < 4.78 is 20.0. The summed E-state index contributed by atoms with van der Waals surface area (Å²) >= 11 is 0. The van der Waals surface area contributed by atoms with Gasteiger partial charge in [-0.25, -0.2) is 4.98 Å². The maximum Gasteiger partial charge on any atom is 0.274 e. The Hall–Kier alpha value is -3.43. The van der Waals surface area contributed by atoms with Crippen LogP contribution in [0.4, 0.5) is 5.69 Å². The van der Waals surface area contributed by atoms with Gasteiger partial charge in [0.15, 0.2) is 0 Å². The Morgan fingerprint density at radius 3 is 2.77 bits per heavy atom. The number of methoxy groups -OCH3 is 2. The summed E-state index contributed by atoms with van der Waals surface area (Å²) in [4.78, 5) is 17.5. The van der Waals surface area contributed by atoms with Gasteiger partial charge in [-0.05, 0) is 49.8 Å². The molecule has 0 radical (unpaired) electrons. The molecule has 1 fully saturated rings. The number of ether oxygens (including phenoxy) is 3. The number of amides is 1. The number of carbonyl (C=O) groups is 1. The van der Waals surface area contributed by atoms with E-state index in [1.54, 1.807) is 37.1 Å². The first-order valence-corrected chi connectivity index (χ1v) is 12.0. The molecular formula is C26H31N5O4. The van der Waals surface area contributed by atoms with E-state index >= 15 is 0 Å². The van der Waals surface area contributed by atoms with Gasteiger partial charge < -0.3 is 19.5 Å². The normalized spacial score (nSPS) is 18.2. The van der Waals surface area contributed by atoms with Crippen molar-refractivity contribution in [2.75, 3.05) is 32.8 Å². The molecule has 1 amide bonds. The average Bonchev–Trinajstić information content (AvgIpc) is 3.49. The zero-order valence-corrected chi connectivity index (χ0v) is 20.1. The maximum atomic E-state index is 13.2. The largest absolute Gasteiger partial charge is 0.491 e. The third-order valence-corrected chi connectivity index (χ3v) is 6.77. The predicted molar refractivity (Wildman–Crippen MR) is 133 cm³/mol. The summed E-state index contributed by atoms with van der Waals surface area (Å²) in [6, 6.07) is 9.53. The Balaban J connectivity index is 1.30. The lowest BCUT2D eigenvalue weighted by Gasteiger charge is -2.27. The summed E-state index contributed by atoms with van der Waals surface area (Å²) in [6.07, 6.45) is 10.1. The number of nitrogens with one attached hydrogen (secondary N) is 1. The van der Waals surface area contributed by atoms with Gasteiger partial charge in [0.05, 0.1) is 36.3 Å². The minimum Gasteiger partial charge on any atom is -0.491 e. The van der Waals surface area contributed by atoms with Gasteiger partial charge in [0.1, 0.15) is 23.7 Å². The zero-order chi connectivity index (χ0) is 24.2. The van der Waals surface area contributed by atoms with E-state index in [9.17, 15) is 4.79 Å². The van der Waals surface area contributed by atoms with Crippen LogP contribution in [0.5, 0.6) is 5.75 Å². The number of fused-ring (bicyclic) bond motifs is 2. The van der Waals surface area contributed by atoms with Crippen molar-refractivity contribution >= 4 is 28.1 Å². The molecule has 35 heavy (non-hydrogen) atoms. The molecule has 0 atom stereocenters. The second kappa shape index (κ2) is 10.5. The molecule has 1 saturated carbocycles. The van der Waals surface area contributed by atoms with Gasteiger partial charge in [-0.3, -0.25) is 13.9 Å². The van der Waals surface area contributed by atoms with E-state index < -0.39 is 0 Å². The molecule has 3 aromatic heterocycles. The molecule has 0 saturated heterocycles. The quantitative estimate of drug-likeness (QED) is 0.364. The van der Waals surface area contributed by atoms with Gasteiger partial charge in [-0.2, -0.15) is 5.10 Å². The lowest BCUT2D eigenvalue weighted by Crippen LogP contribution is -2.23. The number of imidazole rings is 1. The fourth-order valence-corrected chi connectivity index (χ4v) is 4.80. The lowest BCUT2D eigenvalue weighted by atomic mass is 9.87. The number of nitrogens with zero attached hydrogens (tertiary/aromatic N) is 4. The fraction of sp³-hybridized carbons (Fsp3) is 0.423. The number of hydrogen-bond donors (Lipinski definition) is 1. The van der Waals surface area contributed by atoms with Crippen molar-refractivity contribution < 1.29 is 19.0 Å². The summed E-state index contributed by atoms with van der Waals surface area (Å²) in [5.74, 6) is 1.04. The molecule has 1 aromatic carbocycles. The van der Waals surface area contributed by atoms with E-state index in [2.05, 4.69) is 26.1 Å². The number of benzene rings is 1. The SMILES string of the molecule is COCCOc1ccn2c(C(=O)Nc3cccc4c3cnn4CC3CCC(OC)CC3)cnc2c1. The number of pyridine rings is 1. The Morgan fingerprint density at radius 2 is 1.97 bits per heavy atom. The topological polar surface area (TPSA) is 91.9 Å². The van der Waals surface area contributed by atoms with Crippen LogP contribution in [-0.2, 0) is 16.0 Å². The van der Waals surface area contributed by atoms with Crippen molar-refractivity contribution in [1.29, 1.82) is 0 Å². The predicted octanol–water partition coefficient (Wildman–Crippen LogP) is 4.17. The molecule has 0 spiro atoms. The maximum absolute atomic E-state index is 13.2. The average molecular weight is 478 g/mol. The third kappa shape index (κ3) is 5.01. The third-order valence-electron chi connectivity index (χ3n) is 6.77. The Morgan fingerprint density at radius 1 is 1.11 bits per heavy atom. The van der Waals surface area contributed by atoms with Crippen molar-refractivity contribution in [1.82, 2.24) is 19.2 Å². The first-order valence-electron chi connectivity index (χ1n) is 12.0. The van der Waals surface area contributed by atoms with Gasteiger partial charge in [-0.1, -0.05) is 6.07 Å². The second-order valence-electron chi connectivity index (χ2n) is 8.97. The number of carbonyl (C=O) groups excluding carboxylic acids is 1. The molecule has 9 nitrogen and oxygen atoms in total. The molecule has 9 heteroatoms.